The summed E-state index contributed by atoms with van der Waals surface area (Å²) in [5.41, 5.74) is 1.14. The van der Waals surface area contributed by atoms with Crippen molar-refractivity contribution in [3.63, 3.8) is 0 Å². The molecule has 22 heavy (non-hydrogen) atoms. The van der Waals surface area contributed by atoms with Crippen LogP contribution in [0.4, 0.5) is 0 Å². The summed E-state index contributed by atoms with van der Waals surface area (Å²) in [6.45, 7) is 4.23. The maximum atomic E-state index is 12.1. The van der Waals surface area contributed by atoms with Crippen LogP contribution in [0.3, 0.4) is 0 Å². The Balaban J connectivity index is 1.32. The highest BCUT2D eigenvalue weighted by Crippen LogP contribution is 2.49. The van der Waals surface area contributed by atoms with E-state index in [1.807, 2.05) is 6.92 Å². The molecular weight excluding hydrogens is 312 g/mol. The van der Waals surface area contributed by atoms with Crippen LogP contribution in [0.5, 0.6) is 0 Å². The fourth-order valence-corrected chi connectivity index (χ4v) is 5.70. The van der Waals surface area contributed by atoms with Gasteiger partial charge in [0.15, 0.2) is 0 Å². The molecule has 122 valence electrons. The number of thioether (sulfide) groups is 1. The molecule has 1 aromatic heterocycles. The van der Waals surface area contributed by atoms with Gasteiger partial charge in [-0.2, -0.15) is 11.8 Å². The monoisotopic (exact) mass is 338 g/mol. The van der Waals surface area contributed by atoms with E-state index in [4.69, 9.17) is 0 Å². The predicted octanol–water partition coefficient (Wildman–Crippen LogP) is 4.02. The van der Waals surface area contributed by atoms with Gasteiger partial charge in [-0.15, -0.1) is 11.3 Å². The number of nitrogens with zero attached hydrogens (tertiary/aromatic N) is 1. The summed E-state index contributed by atoms with van der Waals surface area (Å²) < 4.78 is 0. The van der Waals surface area contributed by atoms with Gasteiger partial charge in [-0.3, -0.25) is 4.79 Å². The maximum Gasteiger partial charge on any atom is 0.221 e. The number of nitrogens with one attached hydrogen (secondary N) is 1. The van der Waals surface area contributed by atoms with Gasteiger partial charge in [-0.25, -0.2) is 4.98 Å². The minimum Gasteiger partial charge on any atom is -0.353 e. The van der Waals surface area contributed by atoms with Gasteiger partial charge in [0.25, 0.3) is 0 Å². The summed E-state index contributed by atoms with van der Waals surface area (Å²) in [4.78, 5) is 16.5. The van der Waals surface area contributed by atoms with Crippen LogP contribution in [0.2, 0.25) is 0 Å². The highest BCUT2D eigenvalue weighted by molar-refractivity contribution is 7.98. The number of carbonyl (C=O) groups is 1. The van der Waals surface area contributed by atoms with Crippen LogP contribution in [0.15, 0.2) is 5.38 Å². The molecule has 2 saturated carbocycles. The van der Waals surface area contributed by atoms with Crippen molar-refractivity contribution in [3.8, 4) is 0 Å². The molecule has 0 spiro atoms. The lowest BCUT2D eigenvalue weighted by Crippen LogP contribution is -2.40. The SMILES string of the molecule is Cc1nc(CSCCC(=O)N[C@H](C)[C@H]2C[C@H]3CC[C@H]2C3)cs1. The van der Waals surface area contributed by atoms with Gasteiger partial charge in [-0.05, 0) is 50.9 Å². The van der Waals surface area contributed by atoms with Gasteiger partial charge in [0.05, 0.1) is 10.7 Å². The minimum absolute atomic E-state index is 0.220. The van der Waals surface area contributed by atoms with Gasteiger partial charge in [0.2, 0.25) is 5.91 Å². The molecule has 0 unspecified atom stereocenters. The largest absolute Gasteiger partial charge is 0.353 e. The van der Waals surface area contributed by atoms with E-state index in [1.54, 1.807) is 23.1 Å². The number of carbonyl (C=O) groups excluding carboxylic acids is 1. The lowest BCUT2D eigenvalue weighted by molar-refractivity contribution is -0.121. The van der Waals surface area contributed by atoms with Crippen LogP contribution < -0.4 is 5.32 Å². The molecule has 0 saturated heterocycles. The number of thiazole rings is 1. The van der Waals surface area contributed by atoms with E-state index in [0.717, 1.165) is 40.0 Å². The summed E-state index contributed by atoms with van der Waals surface area (Å²) in [5, 5.41) is 6.47. The average molecular weight is 339 g/mol. The summed E-state index contributed by atoms with van der Waals surface area (Å²) >= 11 is 3.50. The topological polar surface area (TPSA) is 42.0 Å². The summed E-state index contributed by atoms with van der Waals surface area (Å²) in [5.74, 6) is 4.57. The van der Waals surface area contributed by atoms with E-state index < -0.39 is 0 Å². The van der Waals surface area contributed by atoms with Crippen LogP contribution in [-0.2, 0) is 10.5 Å². The van der Waals surface area contributed by atoms with Gasteiger partial charge in [-0.1, -0.05) is 6.42 Å². The molecule has 1 amide bonds. The molecule has 1 N–H and O–H groups in total. The molecule has 2 aliphatic rings. The Kier molecular flexibility index (Phi) is 5.45. The second kappa shape index (κ2) is 7.35. The van der Waals surface area contributed by atoms with Crippen LogP contribution in [-0.4, -0.2) is 22.7 Å². The fourth-order valence-electron chi connectivity index (χ4n) is 4.16. The van der Waals surface area contributed by atoms with Crippen molar-refractivity contribution in [2.75, 3.05) is 5.75 Å². The predicted molar refractivity (Wildman–Crippen MR) is 94.2 cm³/mol. The molecule has 5 heteroatoms. The zero-order valence-corrected chi connectivity index (χ0v) is 15.1. The molecule has 1 heterocycles. The zero-order chi connectivity index (χ0) is 15.5. The second-order valence-corrected chi connectivity index (χ2v) is 9.02. The number of aromatic nitrogens is 1. The Morgan fingerprint density at radius 2 is 2.36 bits per heavy atom. The standard InChI is InChI=1S/C17H26N2OS2/c1-11(16-8-13-3-4-14(16)7-13)18-17(20)5-6-21-9-15-10-22-12(2)19-15/h10-11,13-14,16H,3-9H2,1-2H3,(H,18,20)/t11-,13+,14+,16-/m1/s1. The normalized spacial score (nSPS) is 28.0. The Morgan fingerprint density at radius 1 is 1.50 bits per heavy atom. The third-order valence-corrected chi connectivity index (χ3v) is 7.03. The fraction of sp³-hybridized carbons (Fsp3) is 0.765. The second-order valence-electron chi connectivity index (χ2n) is 6.86. The summed E-state index contributed by atoms with van der Waals surface area (Å²) in [6.07, 6.45) is 6.18. The van der Waals surface area contributed by atoms with Gasteiger partial charge < -0.3 is 5.32 Å². The van der Waals surface area contributed by atoms with Gasteiger partial charge in [0.1, 0.15) is 0 Å². The smallest absolute Gasteiger partial charge is 0.221 e. The summed E-state index contributed by atoms with van der Waals surface area (Å²) in [7, 11) is 0. The molecule has 0 aliphatic heterocycles. The van der Waals surface area contributed by atoms with Crippen LogP contribution in [0.1, 0.15) is 49.7 Å². The minimum atomic E-state index is 0.220. The van der Waals surface area contributed by atoms with E-state index in [0.29, 0.717) is 12.5 Å². The first-order valence-corrected chi connectivity index (χ1v) is 10.4. The molecule has 2 bridgehead atoms. The molecule has 3 rings (SSSR count). The van der Waals surface area contributed by atoms with E-state index in [-0.39, 0.29) is 5.91 Å². The van der Waals surface area contributed by atoms with E-state index in [9.17, 15) is 4.79 Å². The number of rotatable bonds is 7. The molecule has 1 aromatic rings. The molecule has 3 nitrogen and oxygen atoms in total. The lowest BCUT2D eigenvalue weighted by atomic mass is 9.84. The quantitative estimate of drug-likeness (QED) is 0.764. The van der Waals surface area contributed by atoms with E-state index >= 15 is 0 Å². The summed E-state index contributed by atoms with van der Waals surface area (Å²) in [6, 6.07) is 0.356. The van der Waals surface area contributed by atoms with Gasteiger partial charge in [0, 0.05) is 29.3 Å². The third-order valence-electron chi connectivity index (χ3n) is 5.21. The number of amides is 1. The highest BCUT2D eigenvalue weighted by Gasteiger charge is 2.41. The molecule has 0 radical (unpaired) electrons. The Bertz CT molecular complexity index is 517. The lowest BCUT2D eigenvalue weighted by Gasteiger charge is -2.28. The highest BCUT2D eigenvalue weighted by atomic mass is 32.2. The van der Waals surface area contributed by atoms with Crippen molar-refractivity contribution in [2.45, 2.75) is 57.7 Å². The Hall–Kier alpha value is -0.550. The van der Waals surface area contributed by atoms with Crippen molar-refractivity contribution in [2.24, 2.45) is 17.8 Å². The molecule has 2 fully saturated rings. The number of hydrogen-bond donors (Lipinski definition) is 1. The van der Waals surface area contributed by atoms with Crippen molar-refractivity contribution < 1.29 is 4.79 Å². The first-order valence-electron chi connectivity index (χ1n) is 8.40. The number of hydrogen-bond acceptors (Lipinski definition) is 4. The average Bonchev–Trinajstić information content (AvgIpc) is 3.20. The Labute approximate surface area is 141 Å². The number of fused-ring (bicyclic) bond motifs is 2. The van der Waals surface area contributed by atoms with Crippen LogP contribution in [0, 0.1) is 24.7 Å². The van der Waals surface area contributed by atoms with Gasteiger partial charge >= 0.3 is 0 Å². The Morgan fingerprint density at radius 3 is 3.00 bits per heavy atom. The van der Waals surface area contributed by atoms with Crippen molar-refractivity contribution in [3.05, 3.63) is 16.1 Å². The first kappa shape index (κ1) is 16.3. The molecule has 0 aromatic carbocycles. The van der Waals surface area contributed by atoms with Crippen molar-refractivity contribution >= 4 is 29.0 Å². The van der Waals surface area contributed by atoms with E-state index in [1.165, 1.54) is 25.7 Å². The molecule has 2 aliphatic carbocycles. The van der Waals surface area contributed by atoms with Crippen molar-refractivity contribution in [1.29, 1.82) is 0 Å². The number of aryl methyl sites for hydroxylation is 1. The third kappa shape index (κ3) is 4.05. The van der Waals surface area contributed by atoms with Crippen LogP contribution in [0.25, 0.3) is 0 Å². The van der Waals surface area contributed by atoms with E-state index in [2.05, 4.69) is 22.6 Å². The van der Waals surface area contributed by atoms with Crippen molar-refractivity contribution in [1.82, 2.24) is 10.3 Å². The molecule has 4 atom stereocenters. The molecular formula is C17H26N2OS2. The first-order chi connectivity index (χ1) is 10.6. The maximum absolute atomic E-state index is 12.1. The zero-order valence-electron chi connectivity index (χ0n) is 13.5. The van der Waals surface area contributed by atoms with Crippen LogP contribution >= 0.6 is 23.1 Å².